The second-order valence-corrected chi connectivity index (χ2v) is 3.07. The zero-order valence-electron chi connectivity index (χ0n) is 7.99. The van der Waals surface area contributed by atoms with Crippen molar-refractivity contribution in [2.24, 2.45) is 0 Å². The molecule has 1 aromatic heterocycles. The monoisotopic (exact) mass is 178 g/mol. The standard InChI is InChI=1S/C10H14N2O/c1-4-5-10(13)9-6-7(2)11-12-8(9)3/h4,6,10,13H,1,5H2,2-3H3. The van der Waals surface area contributed by atoms with Crippen molar-refractivity contribution < 1.29 is 5.11 Å². The number of aromatic nitrogens is 2. The lowest BCUT2D eigenvalue weighted by atomic mass is 10.1. The largest absolute Gasteiger partial charge is 0.388 e. The Hall–Kier alpha value is -1.22. The number of aliphatic hydroxyl groups is 1. The van der Waals surface area contributed by atoms with Crippen molar-refractivity contribution in [3.05, 3.63) is 35.7 Å². The molecule has 1 atom stereocenters. The maximum Gasteiger partial charge on any atom is 0.0843 e. The van der Waals surface area contributed by atoms with E-state index in [1.165, 1.54) is 0 Å². The summed E-state index contributed by atoms with van der Waals surface area (Å²) >= 11 is 0. The van der Waals surface area contributed by atoms with Crippen molar-refractivity contribution >= 4 is 0 Å². The Kier molecular flexibility index (Phi) is 3.14. The topological polar surface area (TPSA) is 46.0 Å². The van der Waals surface area contributed by atoms with Crippen LogP contribution in [0.4, 0.5) is 0 Å². The van der Waals surface area contributed by atoms with Gasteiger partial charge in [0.25, 0.3) is 0 Å². The van der Waals surface area contributed by atoms with Gasteiger partial charge >= 0.3 is 0 Å². The second kappa shape index (κ2) is 4.14. The van der Waals surface area contributed by atoms with Crippen LogP contribution in [0.15, 0.2) is 18.7 Å². The van der Waals surface area contributed by atoms with Crippen LogP contribution in [0.3, 0.4) is 0 Å². The average molecular weight is 178 g/mol. The second-order valence-electron chi connectivity index (χ2n) is 3.07. The molecule has 1 aromatic rings. The minimum atomic E-state index is -0.508. The fraction of sp³-hybridized carbons (Fsp3) is 0.400. The highest BCUT2D eigenvalue weighted by Gasteiger charge is 2.09. The molecule has 0 aliphatic heterocycles. The molecule has 0 bridgehead atoms. The summed E-state index contributed by atoms with van der Waals surface area (Å²) in [6.45, 7) is 7.28. The number of hydrogen-bond acceptors (Lipinski definition) is 3. The minimum Gasteiger partial charge on any atom is -0.388 e. The van der Waals surface area contributed by atoms with Crippen molar-refractivity contribution in [3.63, 3.8) is 0 Å². The first-order valence-corrected chi connectivity index (χ1v) is 4.25. The van der Waals surface area contributed by atoms with Crippen molar-refractivity contribution in [2.75, 3.05) is 0 Å². The molecule has 1 rings (SSSR count). The molecule has 1 N–H and O–H groups in total. The van der Waals surface area contributed by atoms with E-state index in [0.717, 1.165) is 17.0 Å². The maximum atomic E-state index is 9.69. The number of aliphatic hydroxyl groups excluding tert-OH is 1. The van der Waals surface area contributed by atoms with Crippen LogP contribution in [-0.4, -0.2) is 15.3 Å². The van der Waals surface area contributed by atoms with E-state index in [1.807, 2.05) is 19.9 Å². The van der Waals surface area contributed by atoms with Gasteiger partial charge in [-0.15, -0.1) is 6.58 Å². The van der Waals surface area contributed by atoms with Crippen LogP contribution >= 0.6 is 0 Å². The van der Waals surface area contributed by atoms with E-state index >= 15 is 0 Å². The van der Waals surface area contributed by atoms with Gasteiger partial charge < -0.3 is 5.11 Å². The predicted molar refractivity (Wildman–Crippen MR) is 51.3 cm³/mol. The smallest absolute Gasteiger partial charge is 0.0843 e. The summed E-state index contributed by atoms with van der Waals surface area (Å²) < 4.78 is 0. The minimum absolute atomic E-state index is 0.508. The Morgan fingerprint density at radius 3 is 2.85 bits per heavy atom. The fourth-order valence-corrected chi connectivity index (χ4v) is 1.19. The lowest BCUT2D eigenvalue weighted by molar-refractivity contribution is 0.180. The number of hydrogen-bond donors (Lipinski definition) is 1. The molecule has 0 radical (unpaired) electrons. The fourth-order valence-electron chi connectivity index (χ4n) is 1.19. The van der Waals surface area contributed by atoms with Gasteiger partial charge in [0.05, 0.1) is 17.5 Å². The number of nitrogens with zero attached hydrogens (tertiary/aromatic N) is 2. The quantitative estimate of drug-likeness (QED) is 0.716. The van der Waals surface area contributed by atoms with E-state index in [-0.39, 0.29) is 0 Å². The van der Waals surface area contributed by atoms with Crippen molar-refractivity contribution in [2.45, 2.75) is 26.4 Å². The number of rotatable bonds is 3. The first-order valence-electron chi connectivity index (χ1n) is 4.25. The van der Waals surface area contributed by atoms with E-state index in [2.05, 4.69) is 16.8 Å². The molecule has 0 amide bonds. The maximum absolute atomic E-state index is 9.69. The SMILES string of the molecule is C=CCC(O)c1cc(C)nnc1C. The van der Waals surface area contributed by atoms with Crippen LogP contribution in [0.1, 0.15) is 29.5 Å². The average Bonchev–Trinajstić information content (AvgIpc) is 2.09. The van der Waals surface area contributed by atoms with Gasteiger partial charge in [-0.25, -0.2) is 0 Å². The summed E-state index contributed by atoms with van der Waals surface area (Å²) in [6.07, 6.45) is 1.73. The van der Waals surface area contributed by atoms with Crippen LogP contribution in [0.25, 0.3) is 0 Å². The molecule has 1 heterocycles. The zero-order valence-corrected chi connectivity index (χ0v) is 7.99. The van der Waals surface area contributed by atoms with Crippen molar-refractivity contribution in [1.82, 2.24) is 10.2 Å². The summed E-state index contributed by atoms with van der Waals surface area (Å²) in [5, 5.41) is 17.5. The van der Waals surface area contributed by atoms with Crippen LogP contribution in [0.5, 0.6) is 0 Å². The molecule has 0 aliphatic carbocycles. The van der Waals surface area contributed by atoms with Gasteiger partial charge in [0.2, 0.25) is 0 Å². The van der Waals surface area contributed by atoms with Crippen LogP contribution < -0.4 is 0 Å². The Bertz CT molecular complexity index is 310. The molecule has 13 heavy (non-hydrogen) atoms. The summed E-state index contributed by atoms with van der Waals surface area (Å²) in [6, 6.07) is 1.86. The van der Waals surface area contributed by atoms with Gasteiger partial charge in [-0.3, -0.25) is 0 Å². The molecule has 3 nitrogen and oxygen atoms in total. The van der Waals surface area contributed by atoms with Crippen LogP contribution in [-0.2, 0) is 0 Å². The third-order valence-electron chi connectivity index (χ3n) is 1.89. The molecular weight excluding hydrogens is 164 g/mol. The predicted octanol–water partition coefficient (Wildman–Crippen LogP) is 1.70. The molecule has 1 unspecified atom stereocenters. The third kappa shape index (κ3) is 2.36. The normalized spacial score (nSPS) is 12.5. The summed E-state index contributed by atoms with van der Waals surface area (Å²) in [5.41, 5.74) is 2.44. The van der Waals surface area contributed by atoms with Gasteiger partial charge in [0.15, 0.2) is 0 Å². The Morgan fingerprint density at radius 1 is 1.54 bits per heavy atom. The van der Waals surface area contributed by atoms with Gasteiger partial charge in [-0.1, -0.05) is 6.08 Å². The van der Waals surface area contributed by atoms with Crippen molar-refractivity contribution in [3.8, 4) is 0 Å². The molecule has 3 heteroatoms. The Labute approximate surface area is 78.1 Å². The molecule has 0 aromatic carbocycles. The number of aryl methyl sites for hydroxylation is 2. The Morgan fingerprint density at radius 2 is 2.23 bits per heavy atom. The van der Waals surface area contributed by atoms with E-state index in [1.54, 1.807) is 6.08 Å². The molecule has 0 fully saturated rings. The van der Waals surface area contributed by atoms with Crippen LogP contribution in [0, 0.1) is 13.8 Å². The summed E-state index contributed by atoms with van der Waals surface area (Å²) in [4.78, 5) is 0. The molecule has 0 saturated heterocycles. The first-order chi connectivity index (χ1) is 6.15. The molecule has 70 valence electrons. The van der Waals surface area contributed by atoms with E-state index in [9.17, 15) is 5.11 Å². The van der Waals surface area contributed by atoms with Crippen molar-refractivity contribution in [1.29, 1.82) is 0 Å². The lowest BCUT2D eigenvalue weighted by Gasteiger charge is -2.10. The van der Waals surface area contributed by atoms with E-state index in [0.29, 0.717) is 6.42 Å². The zero-order chi connectivity index (χ0) is 9.84. The first kappa shape index (κ1) is 9.86. The Balaban J connectivity index is 2.97. The lowest BCUT2D eigenvalue weighted by Crippen LogP contribution is -2.03. The molecule has 0 aliphatic rings. The molecular formula is C10H14N2O. The van der Waals surface area contributed by atoms with Gasteiger partial charge in [-0.05, 0) is 26.3 Å². The summed E-state index contributed by atoms with van der Waals surface area (Å²) in [5.74, 6) is 0. The van der Waals surface area contributed by atoms with Gasteiger partial charge in [-0.2, -0.15) is 10.2 Å². The highest BCUT2D eigenvalue weighted by molar-refractivity contribution is 5.22. The van der Waals surface area contributed by atoms with E-state index in [4.69, 9.17) is 0 Å². The van der Waals surface area contributed by atoms with Crippen LogP contribution in [0.2, 0.25) is 0 Å². The molecule has 0 saturated carbocycles. The van der Waals surface area contributed by atoms with Gasteiger partial charge in [0, 0.05) is 5.56 Å². The van der Waals surface area contributed by atoms with Gasteiger partial charge in [0.1, 0.15) is 0 Å². The third-order valence-corrected chi connectivity index (χ3v) is 1.89. The highest BCUT2D eigenvalue weighted by Crippen LogP contribution is 2.19. The molecule has 0 spiro atoms. The van der Waals surface area contributed by atoms with E-state index < -0.39 is 6.10 Å². The summed E-state index contributed by atoms with van der Waals surface area (Å²) in [7, 11) is 0. The highest BCUT2D eigenvalue weighted by atomic mass is 16.3.